The molecule has 0 aliphatic heterocycles. The molecule has 30 heavy (non-hydrogen) atoms. The van der Waals surface area contributed by atoms with E-state index in [0.717, 1.165) is 5.92 Å². The minimum atomic E-state index is 0.0116. The van der Waals surface area contributed by atoms with Crippen LogP contribution >= 0.6 is 0 Å². The number of benzene rings is 4. The molecule has 0 N–H and O–H groups in total. The fraction of sp³-hybridized carbons (Fsp3) is 0.200. The molecule has 0 radical (unpaired) electrons. The van der Waals surface area contributed by atoms with E-state index in [0.29, 0.717) is 17.8 Å². The van der Waals surface area contributed by atoms with Crippen molar-refractivity contribution in [3.63, 3.8) is 0 Å². The Balaban J connectivity index is 1.47. The second-order valence-electron chi connectivity index (χ2n) is 9.63. The monoisotopic (exact) mass is 382 g/mol. The Labute approximate surface area is 177 Å². The van der Waals surface area contributed by atoms with E-state index >= 15 is 0 Å². The van der Waals surface area contributed by atoms with Gasteiger partial charge in [0.2, 0.25) is 0 Å². The van der Waals surface area contributed by atoms with Crippen LogP contribution < -0.4 is 0 Å². The van der Waals surface area contributed by atoms with Gasteiger partial charge in [-0.3, -0.25) is 0 Å². The maximum atomic E-state index is 2.44. The van der Waals surface area contributed by atoms with Crippen molar-refractivity contribution in [2.75, 3.05) is 0 Å². The summed E-state index contributed by atoms with van der Waals surface area (Å²) in [5.41, 5.74) is 12.4. The highest BCUT2D eigenvalue weighted by molar-refractivity contribution is 5.86. The summed E-state index contributed by atoms with van der Waals surface area (Å²) in [6.07, 6.45) is 1.24. The lowest BCUT2D eigenvalue weighted by atomic mass is 9.49. The molecule has 0 heterocycles. The Morgan fingerprint density at radius 1 is 0.533 bits per heavy atom. The van der Waals surface area contributed by atoms with Crippen molar-refractivity contribution in [1.82, 2.24) is 0 Å². The van der Waals surface area contributed by atoms with Gasteiger partial charge in [-0.15, -0.1) is 0 Å². The van der Waals surface area contributed by atoms with Crippen molar-refractivity contribution in [2.24, 2.45) is 11.8 Å². The van der Waals surface area contributed by atoms with Crippen LogP contribution in [0.4, 0.5) is 0 Å². The minimum absolute atomic E-state index is 0.0116. The van der Waals surface area contributed by atoms with Crippen molar-refractivity contribution in [2.45, 2.75) is 23.7 Å². The normalized spacial score (nSPS) is 27.5. The fourth-order valence-corrected chi connectivity index (χ4v) is 8.03. The van der Waals surface area contributed by atoms with Gasteiger partial charge in [-0.2, -0.15) is 0 Å². The van der Waals surface area contributed by atoms with Crippen molar-refractivity contribution in [3.05, 3.63) is 130 Å². The maximum Gasteiger partial charge on any atom is 0.0503 e. The highest BCUT2D eigenvalue weighted by Crippen LogP contribution is 2.77. The van der Waals surface area contributed by atoms with E-state index in [9.17, 15) is 0 Å². The van der Waals surface area contributed by atoms with Gasteiger partial charge in [0.1, 0.15) is 0 Å². The molecule has 8 rings (SSSR count). The summed E-state index contributed by atoms with van der Waals surface area (Å²) in [4.78, 5) is 0. The summed E-state index contributed by atoms with van der Waals surface area (Å²) in [7, 11) is 0. The van der Waals surface area contributed by atoms with Gasteiger partial charge in [0.05, 0.1) is 5.41 Å². The molecule has 0 aromatic heterocycles. The van der Waals surface area contributed by atoms with Crippen LogP contribution in [0.2, 0.25) is 0 Å². The molecule has 1 unspecified atom stereocenters. The summed E-state index contributed by atoms with van der Waals surface area (Å²) >= 11 is 0. The van der Waals surface area contributed by atoms with Crippen LogP contribution in [0.1, 0.15) is 45.2 Å². The quantitative estimate of drug-likeness (QED) is 0.318. The van der Waals surface area contributed by atoms with E-state index in [1.54, 1.807) is 33.4 Å². The van der Waals surface area contributed by atoms with Crippen LogP contribution in [0, 0.1) is 11.8 Å². The van der Waals surface area contributed by atoms with E-state index in [1.807, 2.05) is 0 Å². The molecule has 142 valence electrons. The molecule has 4 atom stereocenters. The lowest BCUT2D eigenvalue weighted by Gasteiger charge is -2.52. The summed E-state index contributed by atoms with van der Waals surface area (Å²) in [6, 6.07) is 37.1. The average molecular weight is 383 g/mol. The zero-order chi connectivity index (χ0) is 19.4. The Bertz CT molecular complexity index is 1310. The number of rotatable bonds is 0. The fourth-order valence-electron chi connectivity index (χ4n) is 8.03. The molecule has 1 spiro atoms. The van der Waals surface area contributed by atoms with Gasteiger partial charge >= 0.3 is 0 Å². The van der Waals surface area contributed by atoms with E-state index in [4.69, 9.17) is 0 Å². The molecule has 1 fully saturated rings. The second kappa shape index (κ2) is 5.13. The smallest absolute Gasteiger partial charge is 0.0503 e. The van der Waals surface area contributed by atoms with Crippen molar-refractivity contribution in [3.8, 4) is 11.1 Å². The molecule has 4 aliphatic carbocycles. The Hall–Kier alpha value is -3.12. The molecule has 0 heteroatoms. The second-order valence-corrected chi connectivity index (χ2v) is 9.63. The van der Waals surface area contributed by atoms with Crippen LogP contribution in [-0.2, 0) is 11.8 Å². The average Bonchev–Trinajstić information content (AvgIpc) is 3.36. The lowest BCUT2D eigenvalue weighted by molar-refractivity contribution is 0.0821. The van der Waals surface area contributed by atoms with Crippen LogP contribution in [0.5, 0.6) is 0 Å². The van der Waals surface area contributed by atoms with Crippen molar-refractivity contribution >= 4 is 0 Å². The van der Waals surface area contributed by atoms with Gasteiger partial charge in [0.15, 0.2) is 0 Å². The maximum absolute atomic E-state index is 2.44. The molecule has 4 aromatic rings. The van der Waals surface area contributed by atoms with Crippen LogP contribution in [-0.4, -0.2) is 0 Å². The summed E-state index contributed by atoms with van der Waals surface area (Å²) in [5, 5.41) is 0. The zero-order valence-electron chi connectivity index (χ0n) is 16.8. The number of hydrogen-bond acceptors (Lipinski definition) is 0. The van der Waals surface area contributed by atoms with Gasteiger partial charge in [-0.1, -0.05) is 97.1 Å². The highest BCUT2D eigenvalue weighted by Gasteiger charge is 2.69. The molecule has 0 amide bonds. The van der Waals surface area contributed by atoms with Crippen LogP contribution in [0.25, 0.3) is 11.1 Å². The van der Waals surface area contributed by atoms with E-state index in [2.05, 4.69) is 97.1 Å². The topological polar surface area (TPSA) is 0 Å². The molecular weight excluding hydrogens is 360 g/mol. The van der Waals surface area contributed by atoms with Gasteiger partial charge in [0.25, 0.3) is 0 Å². The molecule has 1 saturated carbocycles. The molecule has 0 bridgehead atoms. The highest BCUT2D eigenvalue weighted by atomic mass is 14.7. The Kier molecular flexibility index (Phi) is 2.68. The van der Waals surface area contributed by atoms with Crippen LogP contribution in [0.3, 0.4) is 0 Å². The molecule has 4 aromatic carbocycles. The van der Waals surface area contributed by atoms with Crippen molar-refractivity contribution in [1.29, 1.82) is 0 Å². The predicted molar refractivity (Wildman–Crippen MR) is 121 cm³/mol. The standard InChI is InChI=1S/C30H22/c1-2-10-19-18(9-1)17-23-27(19)28-22-13-5-8-16-26(22)30(29(23)28)24-14-6-3-11-20(24)21-12-4-7-15-25(21)30/h1-16,23,27-29H,17H2/t23-,27+,28?,29-/m0/s1. The van der Waals surface area contributed by atoms with E-state index < -0.39 is 0 Å². The van der Waals surface area contributed by atoms with Crippen LogP contribution in [0.15, 0.2) is 97.1 Å². The molecule has 0 saturated heterocycles. The van der Waals surface area contributed by atoms with Gasteiger partial charge in [0, 0.05) is 0 Å². The molecule has 4 aliphatic rings. The summed E-state index contributed by atoms with van der Waals surface area (Å²) in [6.45, 7) is 0. The first kappa shape index (κ1) is 15.7. The van der Waals surface area contributed by atoms with Gasteiger partial charge < -0.3 is 0 Å². The number of fused-ring (bicyclic) bond motifs is 15. The lowest BCUT2D eigenvalue weighted by Crippen LogP contribution is -2.48. The summed E-state index contributed by atoms with van der Waals surface area (Å²) < 4.78 is 0. The first-order valence-electron chi connectivity index (χ1n) is 11.3. The summed E-state index contributed by atoms with van der Waals surface area (Å²) in [5.74, 6) is 2.71. The largest absolute Gasteiger partial charge is 0.0620 e. The zero-order valence-corrected chi connectivity index (χ0v) is 16.8. The van der Waals surface area contributed by atoms with Crippen molar-refractivity contribution < 1.29 is 0 Å². The predicted octanol–water partition coefficient (Wildman–Crippen LogP) is 6.68. The first-order chi connectivity index (χ1) is 14.9. The Morgan fingerprint density at radius 2 is 1.10 bits per heavy atom. The van der Waals surface area contributed by atoms with E-state index in [-0.39, 0.29) is 5.41 Å². The number of hydrogen-bond donors (Lipinski definition) is 0. The third kappa shape index (κ3) is 1.51. The van der Waals surface area contributed by atoms with Gasteiger partial charge in [-0.25, -0.2) is 0 Å². The minimum Gasteiger partial charge on any atom is -0.0620 e. The third-order valence-corrected chi connectivity index (χ3v) is 8.80. The van der Waals surface area contributed by atoms with Gasteiger partial charge in [-0.05, 0) is 74.6 Å². The van der Waals surface area contributed by atoms with E-state index in [1.165, 1.54) is 17.5 Å². The third-order valence-electron chi connectivity index (χ3n) is 8.80. The first-order valence-corrected chi connectivity index (χ1v) is 11.3. The molecular formula is C30H22. The SMILES string of the molecule is c1ccc2c(c1)C[C@@H]1[C@H]3C(c4ccccc4C34c3ccccc3-c3ccccc34)[C@H]21. The Morgan fingerprint density at radius 3 is 1.83 bits per heavy atom. The molecule has 0 nitrogen and oxygen atoms in total.